The molecular weight excluding hydrogens is 442 g/mol. The Morgan fingerprint density at radius 2 is 1.86 bits per heavy atom. The highest BCUT2D eigenvalue weighted by Crippen LogP contribution is 2.55. The Balaban J connectivity index is 1.19. The van der Waals surface area contributed by atoms with E-state index in [1.165, 1.54) is 0 Å². The summed E-state index contributed by atoms with van der Waals surface area (Å²) in [5.74, 6) is 2.48. The van der Waals surface area contributed by atoms with Crippen LogP contribution in [0.1, 0.15) is 69.2 Å². The van der Waals surface area contributed by atoms with E-state index in [0.29, 0.717) is 36.4 Å². The molecule has 6 rings (SSSR count). The molecule has 1 aromatic rings. The number of nitrogens with one attached hydrogen (secondary N) is 1. The second kappa shape index (κ2) is 9.64. The molecule has 4 aliphatic carbocycles. The first-order chi connectivity index (χ1) is 16.7. The summed E-state index contributed by atoms with van der Waals surface area (Å²) in [5.41, 5.74) is 0.179. The molecule has 0 spiro atoms. The van der Waals surface area contributed by atoms with Gasteiger partial charge in [0.2, 0.25) is 0 Å². The fourth-order valence-corrected chi connectivity index (χ4v) is 7.56. The Bertz CT molecular complexity index is 917. The quantitative estimate of drug-likeness (QED) is 0.643. The van der Waals surface area contributed by atoms with E-state index in [4.69, 9.17) is 4.74 Å². The molecule has 1 saturated heterocycles. The summed E-state index contributed by atoms with van der Waals surface area (Å²) in [6.07, 6.45) is 6.89. The van der Waals surface area contributed by atoms with Crippen LogP contribution in [0.15, 0.2) is 24.3 Å². The fraction of sp³-hybridized carbons (Fsp3) is 0.714. The SMILES string of the molecule is COc1ccc(C(=O)N(C[C@H]2CCCN(C(=O)NC3C4CC5CC3CC(O)(C5)C4)C2)C(C)C)cc1. The number of methoxy groups -OCH3 is 1. The van der Waals surface area contributed by atoms with Crippen molar-refractivity contribution < 1.29 is 19.4 Å². The lowest BCUT2D eigenvalue weighted by Crippen LogP contribution is -2.63. The third-order valence-corrected chi connectivity index (χ3v) is 9.01. The van der Waals surface area contributed by atoms with Gasteiger partial charge in [0.05, 0.1) is 12.7 Å². The average molecular weight is 484 g/mol. The van der Waals surface area contributed by atoms with Gasteiger partial charge in [0.25, 0.3) is 5.91 Å². The van der Waals surface area contributed by atoms with Crippen LogP contribution in [0, 0.1) is 23.7 Å². The maximum Gasteiger partial charge on any atom is 0.317 e. The number of aliphatic hydroxyl groups is 1. The van der Waals surface area contributed by atoms with Crippen LogP contribution in [-0.4, -0.2) is 71.3 Å². The van der Waals surface area contributed by atoms with Crippen LogP contribution in [0.3, 0.4) is 0 Å². The summed E-state index contributed by atoms with van der Waals surface area (Å²) in [6.45, 7) is 6.20. The highest BCUT2D eigenvalue weighted by atomic mass is 16.5. The molecule has 192 valence electrons. The zero-order valence-corrected chi connectivity index (χ0v) is 21.4. The van der Waals surface area contributed by atoms with Crippen molar-refractivity contribution in [2.45, 2.75) is 76.5 Å². The standard InChI is InChI=1S/C28H41N3O4/c1-18(2)31(26(32)21-6-8-24(35-3)9-7-21)17-19-5-4-10-30(16-19)27(33)29-25-22-11-20-12-23(25)15-28(34,13-20)14-22/h6-9,18-20,22-23,25,34H,4-5,10-17H2,1-3H3,(H,29,33)/t19-,20?,22?,23?,25?,28?/m0/s1. The van der Waals surface area contributed by atoms with E-state index >= 15 is 0 Å². The van der Waals surface area contributed by atoms with Gasteiger partial charge in [-0.15, -0.1) is 0 Å². The van der Waals surface area contributed by atoms with Crippen LogP contribution in [0.25, 0.3) is 0 Å². The zero-order valence-electron chi connectivity index (χ0n) is 21.4. The summed E-state index contributed by atoms with van der Waals surface area (Å²) in [6, 6.07) is 7.59. The van der Waals surface area contributed by atoms with E-state index in [-0.39, 0.29) is 29.9 Å². The Hall–Kier alpha value is -2.28. The van der Waals surface area contributed by atoms with Gasteiger partial charge < -0.3 is 25.0 Å². The molecule has 0 aromatic heterocycles. The Kier molecular flexibility index (Phi) is 6.73. The first-order valence-electron chi connectivity index (χ1n) is 13.5. The lowest BCUT2D eigenvalue weighted by molar-refractivity contribution is -0.137. The highest BCUT2D eigenvalue weighted by molar-refractivity contribution is 5.94. The van der Waals surface area contributed by atoms with Crippen molar-refractivity contribution in [1.82, 2.24) is 15.1 Å². The van der Waals surface area contributed by atoms with E-state index in [2.05, 4.69) is 19.2 Å². The largest absolute Gasteiger partial charge is 0.497 e. The van der Waals surface area contributed by atoms with Crippen molar-refractivity contribution >= 4 is 11.9 Å². The number of piperidine rings is 1. The summed E-state index contributed by atoms with van der Waals surface area (Å²) in [7, 11) is 1.62. The number of amides is 3. The van der Waals surface area contributed by atoms with Crippen LogP contribution in [0.4, 0.5) is 4.79 Å². The molecule has 3 amide bonds. The van der Waals surface area contributed by atoms with Gasteiger partial charge in [-0.05, 0) is 107 Å². The molecule has 3 atom stereocenters. The minimum absolute atomic E-state index is 0.0238. The zero-order chi connectivity index (χ0) is 24.7. The predicted octanol–water partition coefficient (Wildman–Crippen LogP) is 3.91. The van der Waals surface area contributed by atoms with E-state index in [1.54, 1.807) is 7.11 Å². The predicted molar refractivity (Wildman–Crippen MR) is 134 cm³/mol. The van der Waals surface area contributed by atoms with Gasteiger partial charge in [-0.3, -0.25) is 4.79 Å². The van der Waals surface area contributed by atoms with Crippen LogP contribution in [0.5, 0.6) is 5.75 Å². The first kappa shape index (κ1) is 24.4. The van der Waals surface area contributed by atoms with Crippen LogP contribution in [0.2, 0.25) is 0 Å². The summed E-state index contributed by atoms with van der Waals surface area (Å²) in [4.78, 5) is 30.5. The van der Waals surface area contributed by atoms with Gasteiger partial charge in [0, 0.05) is 37.3 Å². The monoisotopic (exact) mass is 483 g/mol. The summed E-state index contributed by atoms with van der Waals surface area (Å²) < 4.78 is 5.22. The van der Waals surface area contributed by atoms with Crippen molar-refractivity contribution in [3.05, 3.63) is 29.8 Å². The van der Waals surface area contributed by atoms with Crippen molar-refractivity contribution in [3.63, 3.8) is 0 Å². The number of rotatable bonds is 6. The van der Waals surface area contributed by atoms with Crippen LogP contribution < -0.4 is 10.1 Å². The molecule has 5 fully saturated rings. The number of urea groups is 1. The van der Waals surface area contributed by atoms with Crippen molar-refractivity contribution in [3.8, 4) is 5.75 Å². The maximum absolute atomic E-state index is 13.3. The molecule has 1 heterocycles. The summed E-state index contributed by atoms with van der Waals surface area (Å²) in [5, 5.41) is 14.2. The number of hydrogen-bond acceptors (Lipinski definition) is 4. The van der Waals surface area contributed by atoms with E-state index < -0.39 is 5.60 Å². The number of ether oxygens (including phenoxy) is 1. The van der Waals surface area contributed by atoms with Gasteiger partial charge in [-0.2, -0.15) is 0 Å². The maximum atomic E-state index is 13.3. The lowest BCUT2D eigenvalue weighted by Gasteiger charge is -2.58. The number of carbonyl (C=O) groups excluding carboxylic acids is 2. The second-order valence-corrected chi connectivity index (χ2v) is 11.9. The topological polar surface area (TPSA) is 82.1 Å². The Morgan fingerprint density at radius 3 is 2.46 bits per heavy atom. The highest BCUT2D eigenvalue weighted by Gasteiger charge is 2.55. The van der Waals surface area contributed by atoms with Gasteiger partial charge in [0.15, 0.2) is 0 Å². The van der Waals surface area contributed by atoms with Gasteiger partial charge >= 0.3 is 6.03 Å². The number of carbonyl (C=O) groups is 2. The third kappa shape index (κ3) is 5.02. The molecule has 2 N–H and O–H groups in total. The summed E-state index contributed by atoms with van der Waals surface area (Å²) >= 11 is 0. The Labute approximate surface area is 209 Å². The number of nitrogens with zero attached hydrogens (tertiary/aromatic N) is 2. The lowest BCUT2D eigenvalue weighted by atomic mass is 9.52. The van der Waals surface area contributed by atoms with E-state index in [9.17, 15) is 14.7 Å². The minimum atomic E-state index is -0.481. The number of likely N-dealkylation sites (tertiary alicyclic amines) is 1. The first-order valence-corrected chi connectivity index (χ1v) is 13.5. The van der Waals surface area contributed by atoms with Crippen molar-refractivity contribution in [2.24, 2.45) is 23.7 Å². The molecule has 5 aliphatic rings. The number of benzene rings is 1. The normalized spacial score (nSPS) is 33.6. The molecule has 35 heavy (non-hydrogen) atoms. The third-order valence-electron chi connectivity index (χ3n) is 9.01. The molecule has 1 aromatic carbocycles. The van der Waals surface area contributed by atoms with Crippen LogP contribution >= 0.6 is 0 Å². The van der Waals surface area contributed by atoms with E-state index in [0.717, 1.165) is 57.2 Å². The fourth-order valence-electron chi connectivity index (χ4n) is 7.56. The average Bonchev–Trinajstić information content (AvgIpc) is 2.83. The Morgan fingerprint density at radius 1 is 1.17 bits per heavy atom. The number of hydrogen-bond donors (Lipinski definition) is 2. The molecular formula is C28H41N3O4. The molecule has 4 bridgehead atoms. The van der Waals surface area contributed by atoms with Crippen LogP contribution in [-0.2, 0) is 0 Å². The van der Waals surface area contributed by atoms with Gasteiger partial charge in [0.1, 0.15) is 5.75 Å². The van der Waals surface area contributed by atoms with E-state index in [1.807, 2.05) is 34.1 Å². The molecule has 7 heteroatoms. The molecule has 1 aliphatic heterocycles. The molecule has 4 saturated carbocycles. The van der Waals surface area contributed by atoms with Crippen molar-refractivity contribution in [2.75, 3.05) is 26.7 Å². The molecule has 7 nitrogen and oxygen atoms in total. The molecule has 2 unspecified atom stereocenters. The molecule has 0 radical (unpaired) electrons. The second-order valence-electron chi connectivity index (χ2n) is 11.9. The minimum Gasteiger partial charge on any atom is -0.497 e. The smallest absolute Gasteiger partial charge is 0.317 e. The van der Waals surface area contributed by atoms with Gasteiger partial charge in [-0.1, -0.05) is 0 Å². The van der Waals surface area contributed by atoms with Gasteiger partial charge in [-0.25, -0.2) is 4.79 Å². The van der Waals surface area contributed by atoms with Crippen molar-refractivity contribution in [1.29, 1.82) is 0 Å².